The Morgan fingerprint density at radius 3 is 2.53 bits per heavy atom. The van der Waals surface area contributed by atoms with Crippen LogP contribution in [0.4, 0.5) is 4.79 Å². The molecule has 0 radical (unpaired) electrons. The summed E-state index contributed by atoms with van der Waals surface area (Å²) < 4.78 is 39.5. The average molecular weight is 698 g/mol. The fraction of sp³-hybridized carbons (Fsp3) is 0.559. The molecule has 2 unspecified atom stereocenters. The summed E-state index contributed by atoms with van der Waals surface area (Å²) in [6.45, 7) is 7.11. The SMILES string of the molecule is C=CC1CC1(NC(=O)[C@@H]1C[C@@H](Oc2c3c(nc4cc(OC)ccc24)CCCC3)CN1C(=O)[C@@H](NC(=O)O)C(C)C)C(=O)NS(=O)(=O)C1CC1. The van der Waals surface area contributed by atoms with E-state index >= 15 is 0 Å². The molecule has 4 aliphatic rings. The van der Waals surface area contributed by atoms with Crippen molar-refractivity contribution in [1.82, 2.24) is 25.2 Å². The number of rotatable bonds is 12. The third-order valence-corrected chi connectivity index (χ3v) is 11.8. The fourth-order valence-corrected chi connectivity index (χ4v) is 8.37. The zero-order valence-corrected chi connectivity index (χ0v) is 28.7. The van der Waals surface area contributed by atoms with Gasteiger partial charge in [0.05, 0.1) is 24.4 Å². The Morgan fingerprint density at radius 2 is 1.90 bits per heavy atom. The van der Waals surface area contributed by atoms with E-state index in [0.717, 1.165) is 42.3 Å². The third kappa shape index (κ3) is 6.77. The normalized spacial score (nSPS) is 25.2. The number of ether oxygens (including phenoxy) is 2. The maximum Gasteiger partial charge on any atom is 0.405 e. The van der Waals surface area contributed by atoms with Gasteiger partial charge in [-0.2, -0.15) is 0 Å². The molecular formula is C34H43N5O9S. The van der Waals surface area contributed by atoms with E-state index in [9.17, 15) is 32.7 Å². The number of benzene rings is 1. The van der Waals surface area contributed by atoms with Crippen molar-refractivity contribution in [2.75, 3.05) is 13.7 Å². The number of hydrogen-bond acceptors (Lipinski definition) is 9. The molecule has 4 amide bonds. The van der Waals surface area contributed by atoms with Gasteiger partial charge in [0.2, 0.25) is 21.8 Å². The Morgan fingerprint density at radius 1 is 1.16 bits per heavy atom. The average Bonchev–Trinajstić information content (AvgIpc) is 3.99. The van der Waals surface area contributed by atoms with Crippen molar-refractivity contribution in [1.29, 1.82) is 0 Å². The predicted octanol–water partition coefficient (Wildman–Crippen LogP) is 2.43. The van der Waals surface area contributed by atoms with Crippen LogP contribution in [0.2, 0.25) is 0 Å². The number of fused-ring (bicyclic) bond motifs is 2. The molecule has 2 aromatic rings. The van der Waals surface area contributed by atoms with Crippen LogP contribution in [0.25, 0.3) is 10.9 Å². The molecule has 0 bridgehead atoms. The second-order valence-corrected chi connectivity index (χ2v) is 15.8. The molecule has 3 aliphatic carbocycles. The van der Waals surface area contributed by atoms with Gasteiger partial charge in [-0.3, -0.25) is 24.1 Å². The van der Waals surface area contributed by atoms with Crippen LogP contribution in [0.5, 0.6) is 11.5 Å². The van der Waals surface area contributed by atoms with E-state index < -0.39 is 74.7 Å². The minimum Gasteiger partial charge on any atom is -0.497 e. The van der Waals surface area contributed by atoms with Crippen LogP contribution in [0, 0.1) is 11.8 Å². The second kappa shape index (κ2) is 13.1. The molecule has 49 heavy (non-hydrogen) atoms. The molecule has 2 heterocycles. The van der Waals surface area contributed by atoms with Gasteiger partial charge in [-0.25, -0.2) is 13.2 Å². The number of carbonyl (C=O) groups is 4. The number of amides is 4. The zero-order valence-electron chi connectivity index (χ0n) is 27.9. The van der Waals surface area contributed by atoms with Crippen molar-refractivity contribution < 1.29 is 42.2 Å². The van der Waals surface area contributed by atoms with E-state index in [0.29, 0.717) is 29.9 Å². The van der Waals surface area contributed by atoms with Crippen LogP contribution in [-0.2, 0) is 37.2 Å². The van der Waals surface area contributed by atoms with Crippen molar-refractivity contribution in [2.45, 2.75) is 94.2 Å². The Balaban J connectivity index is 1.32. The lowest BCUT2D eigenvalue weighted by molar-refractivity contribution is -0.141. The summed E-state index contributed by atoms with van der Waals surface area (Å²) in [5, 5.41) is 14.7. The van der Waals surface area contributed by atoms with E-state index in [1.807, 2.05) is 18.2 Å². The number of hydrogen-bond donors (Lipinski definition) is 4. The number of pyridine rings is 1. The van der Waals surface area contributed by atoms with E-state index in [-0.39, 0.29) is 19.4 Å². The summed E-state index contributed by atoms with van der Waals surface area (Å²) in [6.07, 6.45) is 4.00. The summed E-state index contributed by atoms with van der Waals surface area (Å²) in [4.78, 5) is 59.4. The van der Waals surface area contributed by atoms with Gasteiger partial charge in [-0.1, -0.05) is 19.9 Å². The summed E-state index contributed by atoms with van der Waals surface area (Å²) >= 11 is 0. The first-order valence-electron chi connectivity index (χ1n) is 16.7. The Hall–Kier alpha value is -4.40. The molecule has 4 N–H and O–H groups in total. The molecule has 1 aromatic heterocycles. The largest absolute Gasteiger partial charge is 0.497 e. The minimum absolute atomic E-state index is 0.0314. The van der Waals surface area contributed by atoms with Crippen molar-refractivity contribution >= 4 is 44.7 Å². The highest BCUT2D eigenvalue weighted by molar-refractivity contribution is 7.91. The van der Waals surface area contributed by atoms with Crippen molar-refractivity contribution in [3.05, 3.63) is 42.1 Å². The quantitative estimate of drug-likeness (QED) is 0.240. The fourth-order valence-electron chi connectivity index (χ4n) is 7.01. The molecule has 14 nitrogen and oxygen atoms in total. The van der Waals surface area contributed by atoms with Crippen LogP contribution in [0.15, 0.2) is 30.9 Å². The minimum atomic E-state index is -3.89. The molecule has 2 saturated carbocycles. The van der Waals surface area contributed by atoms with Gasteiger partial charge in [0.1, 0.15) is 35.2 Å². The molecule has 264 valence electrons. The molecule has 6 rings (SSSR count). The first-order valence-corrected chi connectivity index (χ1v) is 18.3. The Bertz CT molecular complexity index is 1810. The number of carbonyl (C=O) groups excluding carboxylic acids is 3. The van der Waals surface area contributed by atoms with E-state index in [2.05, 4.69) is 21.9 Å². The number of likely N-dealkylation sites (tertiary alicyclic amines) is 1. The number of nitrogens with one attached hydrogen (secondary N) is 3. The molecule has 1 aliphatic heterocycles. The van der Waals surface area contributed by atoms with Crippen LogP contribution in [-0.4, -0.2) is 89.9 Å². The van der Waals surface area contributed by atoms with Gasteiger partial charge in [-0.05, 0) is 63.0 Å². The molecular weight excluding hydrogens is 654 g/mol. The lowest BCUT2D eigenvalue weighted by Gasteiger charge is -2.30. The number of carboxylic acid groups (broad SMARTS) is 1. The number of nitrogens with zero attached hydrogens (tertiary/aromatic N) is 2. The lowest BCUT2D eigenvalue weighted by atomic mass is 9.93. The summed E-state index contributed by atoms with van der Waals surface area (Å²) in [7, 11) is -2.31. The van der Waals surface area contributed by atoms with E-state index in [1.54, 1.807) is 21.0 Å². The van der Waals surface area contributed by atoms with Crippen LogP contribution < -0.4 is 24.8 Å². The number of aryl methyl sites for hydroxylation is 1. The Labute approximate surface area is 285 Å². The topological polar surface area (TPSA) is 193 Å². The first-order chi connectivity index (χ1) is 23.3. The zero-order chi connectivity index (χ0) is 35.2. The highest BCUT2D eigenvalue weighted by Crippen LogP contribution is 2.46. The molecule has 0 spiro atoms. The highest BCUT2D eigenvalue weighted by Gasteiger charge is 2.62. The summed E-state index contributed by atoms with van der Waals surface area (Å²) in [5.41, 5.74) is 1.04. The second-order valence-electron chi connectivity index (χ2n) is 13.8. The Kier molecular flexibility index (Phi) is 9.24. The van der Waals surface area contributed by atoms with Gasteiger partial charge in [0.25, 0.3) is 5.91 Å². The molecule has 5 atom stereocenters. The highest BCUT2D eigenvalue weighted by atomic mass is 32.2. The van der Waals surface area contributed by atoms with Gasteiger partial charge in [0.15, 0.2) is 0 Å². The molecule has 3 fully saturated rings. The summed E-state index contributed by atoms with van der Waals surface area (Å²) in [6, 6.07) is 3.23. The van der Waals surface area contributed by atoms with Crippen LogP contribution in [0.3, 0.4) is 0 Å². The van der Waals surface area contributed by atoms with Gasteiger partial charge >= 0.3 is 6.09 Å². The third-order valence-electron chi connectivity index (χ3n) is 10.0. The predicted molar refractivity (Wildman–Crippen MR) is 179 cm³/mol. The van der Waals surface area contributed by atoms with Crippen LogP contribution in [0.1, 0.15) is 63.6 Å². The van der Waals surface area contributed by atoms with E-state index in [1.165, 1.54) is 11.0 Å². The van der Waals surface area contributed by atoms with Crippen LogP contribution >= 0.6 is 0 Å². The van der Waals surface area contributed by atoms with Crippen molar-refractivity contribution in [3.63, 3.8) is 0 Å². The van der Waals surface area contributed by atoms with E-state index in [4.69, 9.17) is 14.5 Å². The lowest BCUT2D eigenvalue weighted by Crippen LogP contribution is -2.59. The summed E-state index contributed by atoms with van der Waals surface area (Å²) in [5.74, 6) is -1.83. The number of sulfonamides is 1. The van der Waals surface area contributed by atoms with Crippen molar-refractivity contribution in [2.24, 2.45) is 11.8 Å². The van der Waals surface area contributed by atoms with Gasteiger partial charge in [0, 0.05) is 35.0 Å². The smallest absolute Gasteiger partial charge is 0.405 e. The number of aromatic nitrogens is 1. The molecule has 1 aromatic carbocycles. The number of methoxy groups -OCH3 is 1. The van der Waals surface area contributed by atoms with Gasteiger partial charge < -0.3 is 30.1 Å². The molecule has 15 heteroatoms. The molecule has 1 saturated heterocycles. The van der Waals surface area contributed by atoms with Crippen molar-refractivity contribution in [3.8, 4) is 11.5 Å². The maximum absolute atomic E-state index is 14.1. The standard InChI is InChI=1S/C34H43N5O9S/c1-5-19-16-34(19,32(42)38-49(45,46)22-11-12-22)37-30(40)27-15-21(17-39(27)31(41)28(18(2)3)36-33(43)44)48-29-23-8-6-7-9-25(23)35-26-14-20(47-4)10-13-24(26)29/h5,10,13-14,18-19,21-22,27-28,36H,1,6-9,11-12,15-17H2,2-4H3,(H,37,40)(H,38,42)(H,43,44)/t19?,21-,27+,28+,34?/m1/s1. The van der Waals surface area contributed by atoms with Gasteiger partial charge in [-0.15, -0.1) is 6.58 Å². The maximum atomic E-state index is 14.1. The first kappa shape index (κ1) is 34.5. The monoisotopic (exact) mass is 697 g/mol.